The number of rotatable bonds is 2. The summed E-state index contributed by atoms with van der Waals surface area (Å²) in [5.41, 5.74) is 4.39. The van der Waals surface area contributed by atoms with Gasteiger partial charge in [0.1, 0.15) is 0 Å². The molecule has 3 atom stereocenters. The van der Waals surface area contributed by atoms with Gasteiger partial charge in [-0.05, 0) is 87.2 Å². The van der Waals surface area contributed by atoms with Crippen molar-refractivity contribution in [3.05, 3.63) is 46.6 Å². The van der Waals surface area contributed by atoms with E-state index < -0.39 is 0 Å². The summed E-state index contributed by atoms with van der Waals surface area (Å²) in [6, 6.07) is 6.55. The van der Waals surface area contributed by atoms with Crippen molar-refractivity contribution in [1.29, 1.82) is 0 Å². The van der Waals surface area contributed by atoms with Gasteiger partial charge in [0.25, 0.3) is 0 Å². The molecule has 1 aliphatic carbocycles. The molecule has 2 heterocycles. The van der Waals surface area contributed by atoms with Gasteiger partial charge in [0, 0.05) is 28.8 Å². The van der Waals surface area contributed by atoms with E-state index in [1.165, 1.54) is 62.0 Å². The molecule has 24 heavy (non-hydrogen) atoms. The second kappa shape index (κ2) is 7.41. The standard InChI is InChI=1S/C21H27ClN2/c22-18-7-8-19-17(14-18)6-5-16-4-2-11-24-21(16)20(19)13-15-3-1-10-23-12-9-15/h2,7-8,11,14-16,20,23H,1,3-6,9-10,12-13H2. The summed E-state index contributed by atoms with van der Waals surface area (Å²) < 4.78 is 0. The van der Waals surface area contributed by atoms with Crippen molar-refractivity contribution in [3.63, 3.8) is 0 Å². The minimum Gasteiger partial charge on any atom is -0.317 e. The Hall–Kier alpha value is -1.12. The highest BCUT2D eigenvalue weighted by Gasteiger charge is 2.33. The van der Waals surface area contributed by atoms with Gasteiger partial charge in [-0.2, -0.15) is 0 Å². The molecule has 0 radical (unpaired) electrons. The zero-order chi connectivity index (χ0) is 16.4. The molecule has 3 aliphatic rings. The van der Waals surface area contributed by atoms with Gasteiger partial charge in [-0.15, -0.1) is 0 Å². The molecule has 128 valence electrons. The number of benzene rings is 1. The van der Waals surface area contributed by atoms with Gasteiger partial charge >= 0.3 is 0 Å². The molecule has 1 aromatic rings. The van der Waals surface area contributed by atoms with Crippen LogP contribution in [0.5, 0.6) is 0 Å². The van der Waals surface area contributed by atoms with Gasteiger partial charge in [0.05, 0.1) is 0 Å². The lowest BCUT2D eigenvalue weighted by Crippen LogP contribution is -2.24. The lowest BCUT2D eigenvalue weighted by atomic mass is 9.78. The Balaban J connectivity index is 1.68. The molecule has 3 unspecified atom stereocenters. The minimum absolute atomic E-state index is 0.484. The number of fused-ring (bicyclic) bond motifs is 2. The molecule has 2 nitrogen and oxygen atoms in total. The number of aliphatic imine (C=N–C) groups is 1. The molecule has 1 saturated heterocycles. The quantitative estimate of drug-likeness (QED) is 0.792. The van der Waals surface area contributed by atoms with Gasteiger partial charge in [0.15, 0.2) is 0 Å². The second-order valence-corrected chi connectivity index (χ2v) is 8.02. The summed E-state index contributed by atoms with van der Waals surface area (Å²) in [7, 11) is 0. The average molecular weight is 343 g/mol. The number of nitrogens with one attached hydrogen (secondary N) is 1. The predicted octanol–water partition coefficient (Wildman–Crippen LogP) is 5.12. The van der Waals surface area contributed by atoms with E-state index in [9.17, 15) is 0 Å². The fraction of sp³-hybridized carbons (Fsp3) is 0.571. The van der Waals surface area contributed by atoms with Crippen LogP contribution in [0.3, 0.4) is 0 Å². The molecule has 2 aliphatic heterocycles. The Morgan fingerprint density at radius 2 is 2.12 bits per heavy atom. The van der Waals surface area contributed by atoms with Gasteiger partial charge < -0.3 is 5.32 Å². The summed E-state index contributed by atoms with van der Waals surface area (Å²) >= 11 is 6.29. The van der Waals surface area contributed by atoms with Crippen LogP contribution in [-0.2, 0) is 6.42 Å². The molecule has 1 N–H and O–H groups in total. The van der Waals surface area contributed by atoms with E-state index in [-0.39, 0.29) is 0 Å². The number of aryl methyl sites for hydroxylation is 1. The van der Waals surface area contributed by atoms with Gasteiger partial charge in [-0.3, -0.25) is 4.99 Å². The molecule has 1 aromatic carbocycles. The normalized spacial score (nSPS) is 29.9. The first-order chi connectivity index (χ1) is 11.8. The third-order valence-electron chi connectivity index (χ3n) is 6.03. The average Bonchev–Trinajstić information content (AvgIpc) is 2.94. The zero-order valence-corrected chi connectivity index (χ0v) is 15.1. The SMILES string of the molecule is Clc1ccc2c(c1)CCC1CC=CN=C1C2CC1CCCNCC1. The first-order valence-electron chi connectivity index (χ1n) is 9.53. The fourth-order valence-corrected chi connectivity index (χ4v) is 4.95. The molecule has 4 rings (SSSR count). The molecule has 0 saturated carbocycles. The highest BCUT2D eigenvalue weighted by Crippen LogP contribution is 2.40. The van der Waals surface area contributed by atoms with E-state index in [1.807, 2.05) is 6.20 Å². The maximum Gasteiger partial charge on any atom is 0.0408 e. The Kier molecular flexibility index (Phi) is 5.05. The monoisotopic (exact) mass is 342 g/mol. The highest BCUT2D eigenvalue weighted by atomic mass is 35.5. The second-order valence-electron chi connectivity index (χ2n) is 7.59. The van der Waals surface area contributed by atoms with Crippen molar-refractivity contribution in [2.75, 3.05) is 13.1 Å². The smallest absolute Gasteiger partial charge is 0.0408 e. The van der Waals surface area contributed by atoms with Crippen LogP contribution in [0.25, 0.3) is 0 Å². The lowest BCUT2D eigenvalue weighted by molar-refractivity contribution is 0.423. The summed E-state index contributed by atoms with van der Waals surface area (Å²) in [6.45, 7) is 2.35. The van der Waals surface area contributed by atoms with E-state index in [2.05, 4.69) is 29.6 Å². The number of allylic oxidation sites excluding steroid dienone is 1. The molecule has 0 bridgehead atoms. The van der Waals surface area contributed by atoms with Crippen LogP contribution < -0.4 is 5.32 Å². The Bertz CT molecular complexity index is 641. The van der Waals surface area contributed by atoms with Crippen LogP contribution in [0.1, 0.15) is 55.6 Å². The number of hydrogen-bond donors (Lipinski definition) is 1. The third-order valence-corrected chi connectivity index (χ3v) is 6.27. The number of hydrogen-bond acceptors (Lipinski definition) is 2. The lowest BCUT2D eigenvalue weighted by Gasteiger charge is -2.28. The van der Waals surface area contributed by atoms with Gasteiger partial charge in [0.2, 0.25) is 0 Å². The summed E-state index contributed by atoms with van der Waals surface area (Å²) in [4.78, 5) is 4.89. The molecule has 0 aromatic heterocycles. The number of nitrogens with zero attached hydrogens (tertiary/aromatic N) is 1. The third kappa shape index (κ3) is 3.45. The van der Waals surface area contributed by atoms with Crippen molar-refractivity contribution >= 4 is 17.3 Å². The minimum atomic E-state index is 0.484. The van der Waals surface area contributed by atoms with Crippen molar-refractivity contribution in [1.82, 2.24) is 5.32 Å². The van der Waals surface area contributed by atoms with Crippen LogP contribution >= 0.6 is 11.6 Å². The maximum absolute atomic E-state index is 6.29. The first kappa shape index (κ1) is 16.4. The molecular formula is C21H27ClN2. The Labute approximate surface area is 150 Å². The Morgan fingerprint density at radius 3 is 3.08 bits per heavy atom. The molecule has 0 amide bonds. The summed E-state index contributed by atoms with van der Waals surface area (Å²) in [5.74, 6) is 1.91. The largest absolute Gasteiger partial charge is 0.317 e. The van der Waals surface area contributed by atoms with Gasteiger partial charge in [-0.1, -0.05) is 23.7 Å². The van der Waals surface area contributed by atoms with E-state index in [1.54, 1.807) is 0 Å². The van der Waals surface area contributed by atoms with Crippen LogP contribution in [0.15, 0.2) is 35.5 Å². The Morgan fingerprint density at radius 1 is 1.17 bits per heavy atom. The molecule has 3 heteroatoms. The van der Waals surface area contributed by atoms with Gasteiger partial charge in [-0.25, -0.2) is 0 Å². The summed E-state index contributed by atoms with van der Waals surface area (Å²) in [6.07, 6.45) is 13.0. The predicted molar refractivity (Wildman–Crippen MR) is 102 cm³/mol. The summed E-state index contributed by atoms with van der Waals surface area (Å²) in [5, 5.41) is 4.42. The van der Waals surface area contributed by atoms with Crippen molar-refractivity contribution in [2.45, 2.75) is 50.9 Å². The zero-order valence-electron chi connectivity index (χ0n) is 14.3. The van der Waals surface area contributed by atoms with E-state index >= 15 is 0 Å². The fourth-order valence-electron chi connectivity index (χ4n) is 4.76. The van der Waals surface area contributed by atoms with Crippen molar-refractivity contribution in [2.24, 2.45) is 16.8 Å². The maximum atomic E-state index is 6.29. The van der Waals surface area contributed by atoms with Crippen molar-refractivity contribution in [3.8, 4) is 0 Å². The van der Waals surface area contributed by atoms with E-state index in [4.69, 9.17) is 16.6 Å². The van der Waals surface area contributed by atoms with Crippen molar-refractivity contribution < 1.29 is 0 Å². The topological polar surface area (TPSA) is 24.4 Å². The van der Waals surface area contributed by atoms with Crippen LogP contribution in [0.4, 0.5) is 0 Å². The van der Waals surface area contributed by atoms with Crippen LogP contribution in [0.2, 0.25) is 5.02 Å². The molecular weight excluding hydrogens is 316 g/mol. The van der Waals surface area contributed by atoms with Crippen LogP contribution in [-0.4, -0.2) is 18.8 Å². The highest BCUT2D eigenvalue weighted by molar-refractivity contribution is 6.30. The number of halogens is 1. The molecule has 1 fully saturated rings. The van der Waals surface area contributed by atoms with Crippen LogP contribution in [0, 0.1) is 11.8 Å². The van der Waals surface area contributed by atoms with E-state index in [0.717, 1.165) is 23.8 Å². The molecule has 0 spiro atoms. The van der Waals surface area contributed by atoms with E-state index in [0.29, 0.717) is 11.8 Å². The first-order valence-corrected chi connectivity index (χ1v) is 9.90.